The van der Waals surface area contributed by atoms with Gasteiger partial charge in [0.05, 0.1) is 0 Å². The molecule has 1 spiro atoms. The predicted octanol–water partition coefficient (Wildman–Crippen LogP) is 5.90. The van der Waals surface area contributed by atoms with Gasteiger partial charge in [-0.05, 0) is 74.5 Å². The van der Waals surface area contributed by atoms with E-state index < -0.39 is 0 Å². The number of rotatable bonds is 0. The Labute approximate surface area is 154 Å². The van der Waals surface area contributed by atoms with Crippen molar-refractivity contribution in [2.45, 2.75) is 70.0 Å². The van der Waals surface area contributed by atoms with Gasteiger partial charge in [0.15, 0.2) is 0 Å². The molecule has 3 heteroatoms. The van der Waals surface area contributed by atoms with E-state index in [-0.39, 0.29) is 5.41 Å². The Balaban J connectivity index is 1.47. The smallest absolute Gasteiger partial charge is 0.139 e. The summed E-state index contributed by atoms with van der Waals surface area (Å²) < 4.78 is 0.482. The van der Waals surface area contributed by atoms with Crippen LogP contribution in [-0.4, -0.2) is 16.3 Å². The normalized spacial score (nSPS) is 53.5. The first-order chi connectivity index (χ1) is 11.5. The van der Waals surface area contributed by atoms with Crippen LogP contribution in [0.5, 0.6) is 0 Å². The van der Waals surface area contributed by atoms with Crippen molar-refractivity contribution in [1.82, 2.24) is 0 Å². The van der Waals surface area contributed by atoms with Crippen LogP contribution in [0.15, 0.2) is 11.6 Å². The van der Waals surface area contributed by atoms with E-state index in [0.717, 1.165) is 30.1 Å². The monoisotopic (exact) mass is 362 g/mol. The Kier molecular flexibility index (Phi) is 3.77. The van der Waals surface area contributed by atoms with Crippen molar-refractivity contribution in [3.63, 3.8) is 0 Å². The molecule has 1 aliphatic heterocycles. The topological polar surface area (TPSA) is 17.1 Å². The SMILES string of the molecule is C[C@@H]1CC2=CC3(CCSS3)CC[C@@H]2[C@H]2CC[C@]3(C)C(=O)CC[C@H]3[C@@H]21. The van der Waals surface area contributed by atoms with E-state index in [4.69, 9.17) is 0 Å². The second-order valence-corrected chi connectivity index (χ2v) is 12.4. The Morgan fingerprint density at radius 2 is 2.04 bits per heavy atom. The van der Waals surface area contributed by atoms with Crippen LogP contribution in [0.4, 0.5) is 0 Å². The lowest BCUT2D eigenvalue weighted by Gasteiger charge is -2.55. The van der Waals surface area contributed by atoms with E-state index in [1.165, 1.54) is 50.7 Å². The van der Waals surface area contributed by atoms with Gasteiger partial charge in [-0.1, -0.05) is 47.1 Å². The van der Waals surface area contributed by atoms with Gasteiger partial charge in [-0.3, -0.25) is 4.79 Å². The number of carbonyl (C=O) groups excluding carboxylic acids is 1. The molecule has 0 aromatic heterocycles. The zero-order valence-electron chi connectivity index (χ0n) is 15.1. The predicted molar refractivity (Wildman–Crippen MR) is 104 cm³/mol. The summed E-state index contributed by atoms with van der Waals surface area (Å²) in [6.45, 7) is 4.81. The summed E-state index contributed by atoms with van der Waals surface area (Å²) >= 11 is 0. The maximum Gasteiger partial charge on any atom is 0.139 e. The zero-order chi connectivity index (χ0) is 16.5. The van der Waals surface area contributed by atoms with Crippen molar-refractivity contribution in [2.24, 2.45) is 35.0 Å². The second kappa shape index (κ2) is 5.55. The number of Topliss-reactive ketones (excluding diaryl/α,β-unsaturated/α-hetero) is 1. The van der Waals surface area contributed by atoms with Crippen LogP contribution >= 0.6 is 21.6 Å². The number of fused-ring (bicyclic) bond motifs is 5. The van der Waals surface area contributed by atoms with E-state index in [9.17, 15) is 4.79 Å². The van der Waals surface area contributed by atoms with E-state index in [2.05, 4.69) is 41.5 Å². The fourth-order valence-electron chi connectivity index (χ4n) is 7.27. The molecule has 5 rings (SSSR count). The molecular weight excluding hydrogens is 332 g/mol. The first-order valence-electron chi connectivity index (χ1n) is 10.1. The lowest BCUT2D eigenvalue weighted by Crippen LogP contribution is -2.50. The zero-order valence-corrected chi connectivity index (χ0v) is 16.7. The lowest BCUT2D eigenvalue weighted by atomic mass is 9.49. The van der Waals surface area contributed by atoms with Gasteiger partial charge >= 0.3 is 0 Å². The largest absolute Gasteiger partial charge is 0.299 e. The number of allylic oxidation sites excluding steroid dienone is 1. The number of hydrogen-bond donors (Lipinski definition) is 0. The van der Waals surface area contributed by atoms with Crippen LogP contribution in [0, 0.1) is 35.0 Å². The fourth-order valence-corrected chi connectivity index (χ4v) is 10.6. The summed E-state index contributed by atoms with van der Waals surface area (Å²) in [7, 11) is 4.25. The molecule has 0 aromatic rings. The first kappa shape index (κ1) is 16.3. The molecule has 0 radical (unpaired) electrons. The van der Waals surface area contributed by atoms with Gasteiger partial charge < -0.3 is 0 Å². The molecule has 0 bridgehead atoms. The molecule has 132 valence electrons. The number of carbonyl (C=O) groups is 1. The molecule has 3 saturated carbocycles. The Bertz CT molecular complexity index is 591. The molecule has 0 aromatic carbocycles. The summed E-state index contributed by atoms with van der Waals surface area (Å²) in [6.07, 6.45) is 12.8. The molecule has 1 unspecified atom stereocenters. The molecule has 7 atom stereocenters. The highest BCUT2D eigenvalue weighted by Gasteiger charge is 2.58. The molecular formula is C21H30OS2. The Hall–Kier alpha value is 0.110. The van der Waals surface area contributed by atoms with Crippen molar-refractivity contribution in [1.29, 1.82) is 0 Å². The van der Waals surface area contributed by atoms with Gasteiger partial charge in [0.1, 0.15) is 5.78 Å². The summed E-state index contributed by atoms with van der Waals surface area (Å²) in [4.78, 5) is 12.5. The van der Waals surface area contributed by atoms with Crippen LogP contribution in [-0.2, 0) is 4.79 Å². The average molecular weight is 363 g/mol. The van der Waals surface area contributed by atoms with E-state index in [1.807, 2.05) is 5.57 Å². The van der Waals surface area contributed by atoms with Crippen LogP contribution < -0.4 is 0 Å². The maximum atomic E-state index is 12.5. The van der Waals surface area contributed by atoms with Crippen molar-refractivity contribution in [3.8, 4) is 0 Å². The quantitative estimate of drug-likeness (QED) is 0.394. The molecule has 1 nitrogen and oxygen atoms in total. The molecule has 0 amide bonds. The first-order valence-corrected chi connectivity index (χ1v) is 12.4. The molecule has 24 heavy (non-hydrogen) atoms. The highest BCUT2D eigenvalue weighted by atomic mass is 33.1. The van der Waals surface area contributed by atoms with Crippen LogP contribution in [0.3, 0.4) is 0 Å². The van der Waals surface area contributed by atoms with Gasteiger partial charge in [-0.2, -0.15) is 0 Å². The fraction of sp³-hybridized carbons (Fsp3) is 0.857. The van der Waals surface area contributed by atoms with Crippen molar-refractivity contribution >= 4 is 27.4 Å². The molecule has 1 heterocycles. The van der Waals surface area contributed by atoms with Crippen LogP contribution in [0.2, 0.25) is 0 Å². The third-order valence-corrected chi connectivity index (χ3v) is 11.7. The van der Waals surface area contributed by atoms with Gasteiger partial charge in [0, 0.05) is 22.3 Å². The Morgan fingerprint density at radius 1 is 1.17 bits per heavy atom. The average Bonchev–Trinajstić information content (AvgIpc) is 3.12. The minimum absolute atomic E-state index is 0.0322. The minimum atomic E-state index is 0.0322. The summed E-state index contributed by atoms with van der Waals surface area (Å²) in [6, 6.07) is 0. The van der Waals surface area contributed by atoms with Gasteiger partial charge in [-0.25, -0.2) is 0 Å². The lowest BCUT2D eigenvalue weighted by molar-refractivity contribution is -0.132. The standard InChI is InChI=1S/C21H30OS2/c1-13-11-14-12-21(9-10-23-24-21)8-6-15(14)16-5-7-20(2)17(19(13)16)3-4-18(20)22/h12-13,15-17,19H,3-11H2,1-2H3/t13-,15+,16-,17+,19-,20+,21?/m1/s1. The van der Waals surface area contributed by atoms with Gasteiger partial charge in [0.25, 0.3) is 0 Å². The summed E-state index contributed by atoms with van der Waals surface area (Å²) in [5.74, 6) is 5.93. The van der Waals surface area contributed by atoms with Crippen LogP contribution in [0.1, 0.15) is 65.2 Å². The molecule has 0 N–H and O–H groups in total. The number of ketones is 1. The molecule has 4 fully saturated rings. The number of hydrogen-bond acceptors (Lipinski definition) is 3. The summed E-state index contributed by atoms with van der Waals surface area (Å²) in [5.41, 5.74) is 1.85. The van der Waals surface area contributed by atoms with E-state index in [1.54, 1.807) is 0 Å². The second-order valence-electron chi connectivity index (χ2n) is 9.53. The summed E-state index contributed by atoms with van der Waals surface area (Å²) in [5, 5.41) is 0. The third-order valence-electron chi connectivity index (χ3n) is 8.46. The highest BCUT2D eigenvalue weighted by molar-refractivity contribution is 8.77. The van der Waals surface area contributed by atoms with Gasteiger partial charge in [0.2, 0.25) is 0 Å². The molecule has 5 aliphatic rings. The van der Waals surface area contributed by atoms with Gasteiger partial charge in [-0.15, -0.1) is 0 Å². The van der Waals surface area contributed by atoms with Crippen molar-refractivity contribution in [3.05, 3.63) is 11.6 Å². The molecule has 1 saturated heterocycles. The van der Waals surface area contributed by atoms with Crippen LogP contribution in [0.25, 0.3) is 0 Å². The third kappa shape index (κ3) is 2.19. The van der Waals surface area contributed by atoms with E-state index in [0.29, 0.717) is 16.4 Å². The van der Waals surface area contributed by atoms with Crippen molar-refractivity contribution < 1.29 is 4.79 Å². The Morgan fingerprint density at radius 3 is 2.83 bits per heavy atom. The highest BCUT2D eigenvalue weighted by Crippen LogP contribution is 2.64. The van der Waals surface area contributed by atoms with Crippen molar-refractivity contribution in [2.75, 3.05) is 5.75 Å². The molecule has 4 aliphatic carbocycles. The minimum Gasteiger partial charge on any atom is -0.299 e. The van der Waals surface area contributed by atoms with E-state index >= 15 is 0 Å². The maximum absolute atomic E-state index is 12.5.